The van der Waals surface area contributed by atoms with Gasteiger partial charge in [0.2, 0.25) is 5.91 Å². The fourth-order valence-electron chi connectivity index (χ4n) is 2.40. The van der Waals surface area contributed by atoms with Gasteiger partial charge >= 0.3 is 0 Å². The summed E-state index contributed by atoms with van der Waals surface area (Å²) < 4.78 is 1.68. The van der Waals surface area contributed by atoms with Crippen LogP contribution in [0.5, 0.6) is 0 Å². The zero-order chi connectivity index (χ0) is 13.0. The maximum Gasteiger partial charge on any atom is 0.244 e. The zero-order valence-corrected chi connectivity index (χ0v) is 11.1. The first-order valence-corrected chi connectivity index (χ1v) is 6.68. The molecule has 2 rings (SSSR count). The Bertz CT molecular complexity index is 370. The van der Waals surface area contributed by atoms with E-state index >= 15 is 0 Å². The lowest BCUT2D eigenvalue weighted by Crippen LogP contribution is -2.46. The SMILES string of the molecule is CC(NC(=O)C(C)n1cccn1)C1CCCNC1. The summed E-state index contributed by atoms with van der Waals surface area (Å²) in [4.78, 5) is 12.1. The van der Waals surface area contributed by atoms with Gasteiger partial charge in [-0.15, -0.1) is 0 Å². The van der Waals surface area contributed by atoms with Crippen LogP contribution in [0.25, 0.3) is 0 Å². The lowest BCUT2D eigenvalue weighted by Gasteiger charge is -2.29. The summed E-state index contributed by atoms with van der Waals surface area (Å²) in [6.07, 6.45) is 5.89. The molecule has 5 nitrogen and oxygen atoms in total. The van der Waals surface area contributed by atoms with Crippen molar-refractivity contribution in [3.63, 3.8) is 0 Å². The zero-order valence-electron chi connectivity index (χ0n) is 11.1. The first-order valence-electron chi connectivity index (χ1n) is 6.68. The lowest BCUT2D eigenvalue weighted by molar-refractivity contribution is -0.125. The van der Waals surface area contributed by atoms with Gasteiger partial charge in [-0.1, -0.05) is 0 Å². The molecule has 0 radical (unpaired) electrons. The van der Waals surface area contributed by atoms with Crippen LogP contribution in [-0.2, 0) is 4.79 Å². The summed E-state index contributed by atoms with van der Waals surface area (Å²) >= 11 is 0. The van der Waals surface area contributed by atoms with Crippen molar-refractivity contribution in [2.45, 2.75) is 38.8 Å². The molecule has 0 saturated carbocycles. The van der Waals surface area contributed by atoms with E-state index in [-0.39, 0.29) is 18.0 Å². The highest BCUT2D eigenvalue weighted by molar-refractivity contribution is 5.80. The normalized spacial score (nSPS) is 23.3. The molecule has 3 unspecified atom stereocenters. The predicted molar refractivity (Wildman–Crippen MR) is 70.1 cm³/mol. The van der Waals surface area contributed by atoms with E-state index in [1.807, 2.05) is 19.2 Å². The van der Waals surface area contributed by atoms with Gasteiger partial charge in [-0.2, -0.15) is 5.10 Å². The number of nitrogens with zero attached hydrogens (tertiary/aromatic N) is 2. The number of nitrogens with one attached hydrogen (secondary N) is 2. The van der Waals surface area contributed by atoms with Gasteiger partial charge in [-0.25, -0.2) is 0 Å². The number of rotatable bonds is 4. The van der Waals surface area contributed by atoms with Crippen LogP contribution >= 0.6 is 0 Å². The molecule has 0 bridgehead atoms. The standard InChI is InChI=1S/C13H22N4O/c1-10(12-5-3-6-14-9-12)16-13(18)11(2)17-8-4-7-15-17/h4,7-8,10-12,14H,3,5-6,9H2,1-2H3,(H,16,18). The molecular formula is C13H22N4O. The second-order valence-electron chi connectivity index (χ2n) is 5.07. The molecule has 1 aliphatic rings. The van der Waals surface area contributed by atoms with Gasteiger partial charge in [-0.05, 0) is 51.8 Å². The van der Waals surface area contributed by atoms with E-state index in [1.54, 1.807) is 10.9 Å². The van der Waals surface area contributed by atoms with Crippen LogP contribution < -0.4 is 10.6 Å². The van der Waals surface area contributed by atoms with Gasteiger partial charge in [0.25, 0.3) is 0 Å². The van der Waals surface area contributed by atoms with Crippen LogP contribution in [0.4, 0.5) is 0 Å². The van der Waals surface area contributed by atoms with Crippen molar-refractivity contribution >= 4 is 5.91 Å². The van der Waals surface area contributed by atoms with Crippen molar-refractivity contribution in [3.05, 3.63) is 18.5 Å². The number of piperidine rings is 1. The summed E-state index contributed by atoms with van der Waals surface area (Å²) in [6.45, 7) is 6.05. The fourth-order valence-corrected chi connectivity index (χ4v) is 2.40. The summed E-state index contributed by atoms with van der Waals surface area (Å²) in [5.41, 5.74) is 0. The van der Waals surface area contributed by atoms with Crippen LogP contribution in [-0.4, -0.2) is 34.8 Å². The molecule has 3 atom stereocenters. The monoisotopic (exact) mass is 250 g/mol. The number of amides is 1. The molecule has 5 heteroatoms. The lowest BCUT2D eigenvalue weighted by atomic mass is 9.92. The van der Waals surface area contributed by atoms with Crippen molar-refractivity contribution in [2.24, 2.45) is 5.92 Å². The third-order valence-electron chi connectivity index (χ3n) is 3.71. The van der Waals surface area contributed by atoms with Gasteiger partial charge < -0.3 is 10.6 Å². The molecule has 18 heavy (non-hydrogen) atoms. The van der Waals surface area contributed by atoms with E-state index in [2.05, 4.69) is 22.7 Å². The van der Waals surface area contributed by atoms with Crippen LogP contribution in [0, 0.1) is 5.92 Å². The Morgan fingerprint density at radius 2 is 2.39 bits per heavy atom. The molecule has 0 aliphatic carbocycles. The molecule has 1 aliphatic heterocycles. The number of carbonyl (C=O) groups is 1. The number of carbonyl (C=O) groups excluding carboxylic acids is 1. The molecular weight excluding hydrogens is 228 g/mol. The van der Waals surface area contributed by atoms with Crippen molar-refractivity contribution < 1.29 is 4.79 Å². The Labute approximate surface area is 108 Å². The average molecular weight is 250 g/mol. The molecule has 100 valence electrons. The summed E-state index contributed by atoms with van der Waals surface area (Å²) in [7, 11) is 0. The third kappa shape index (κ3) is 3.10. The topological polar surface area (TPSA) is 59.0 Å². The summed E-state index contributed by atoms with van der Waals surface area (Å²) in [5, 5.41) is 10.6. The Kier molecular flexibility index (Phi) is 4.36. The van der Waals surface area contributed by atoms with Gasteiger partial charge in [0, 0.05) is 18.4 Å². The van der Waals surface area contributed by atoms with E-state index in [9.17, 15) is 4.79 Å². The maximum absolute atomic E-state index is 12.1. The van der Waals surface area contributed by atoms with E-state index in [1.165, 1.54) is 12.8 Å². The van der Waals surface area contributed by atoms with E-state index in [0.717, 1.165) is 13.1 Å². The van der Waals surface area contributed by atoms with Crippen molar-refractivity contribution in [1.82, 2.24) is 20.4 Å². The number of hydrogen-bond acceptors (Lipinski definition) is 3. The van der Waals surface area contributed by atoms with Crippen molar-refractivity contribution in [2.75, 3.05) is 13.1 Å². The molecule has 0 spiro atoms. The minimum absolute atomic E-state index is 0.0387. The van der Waals surface area contributed by atoms with Gasteiger partial charge in [0.1, 0.15) is 6.04 Å². The highest BCUT2D eigenvalue weighted by Gasteiger charge is 2.23. The molecule has 1 aromatic rings. The number of hydrogen-bond donors (Lipinski definition) is 2. The predicted octanol–water partition coefficient (Wildman–Crippen LogP) is 0.948. The molecule has 2 N–H and O–H groups in total. The Hall–Kier alpha value is -1.36. The molecule has 0 aromatic carbocycles. The minimum Gasteiger partial charge on any atom is -0.351 e. The third-order valence-corrected chi connectivity index (χ3v) is 3.71. The minimum atomic E-state index is -0.251. The number of aromatic nitrogens is 2. The first-order chi connectivity index (χ1) is 8.68. The average Bonchev–Trinajstić information content (AvgIpc) is 2.92. The van der Waals surface area contributed by atoms with Gasteiger partial charge in [0.15, 0.2) is 0 Å². The summed E-state index contributed by atoms with van der Waals surface area (Å²) in [5.74, 6) is 0.573. The van der Waals surface area contributed by atoms with Crippen LogP contribution in [0.3, 0.4) is 0 Å². The molecule has 1 aromatic heterocycles. The molecule has 1 fully saturated rings. The largest absolute Gasteiger partial charge is 0.351 e. The Balaban J connectivity index is 1.86. The Morgan fingerprint density at radius 3 is 3.00 bits per heavy atom. The second kappa shape index (κ2) is 6.00. The maximum atomic E-state index is 12.1. The van der Waals surface area contributed by atoms with E-state index in [4.69, 9.17) is 0 Å². The van der Waals surface area contributed by atoms with Gasteiger partial charge in [-0.3, -0.25) is 9.48 Å². The van der Waals surface area contributed by atoms with Crippen molar-refractivity contribution in [3.8, 4) is 0 Å². The fraction of sp³-hybridized carbons (Fsp3) is 0.692. The highest BCUT2D eigenvalue weighted by atomic mass is 16.2. The van der Waals surface area contributed by atoms with Gasteiger partial charge in [0.05, 0.1) is 0 Å². The summed E-state index contributed by atoms with van der Waals surface area (Å²) in [6, 6.07) is 1.79. The first kappa shape index (κ1) is 13.1. The quantitative estimate of drug-likeness (QED) is 0.836. The van der Waals surface area contributed by atoms with Crippen molar-refractivity contribution in [1.29, 1.82) is 0 Å². The van der Waals surface area contributed by atoms with E-state index in [0.29, 0.717) is 5.92 Å². The molecule has 1 saturated heterocycles. The second-order valence-corrected chi connectivity index (χ2v) is 5.07. The Morgan fingerprint density at radius 1 is 1.56 bits per heavy atom. The van der Waals surface area contributed by atoms with E-state index < -0.39 is 0 Å². The smallest absolute Gasteiger partial charge is 0.244 e. The highest BCUT2D eigenvalue weighted by Crippen LogP contribution is 2.15. The van der Waals surface area contributed by atoms with Crippen LogP contribution in [0.15, 0.2) is 18.5 Å². The van der Waals surface area contributed by atoms with Crippen LogP contribution in [0.2, 0.25) is 0 Å². The molecule has 1 amide bonds. The van der Waals surface area contributed by atoms with Crippen LogP contribution in [0.1, 0.15) is 32.7 Å². The molecule has 2 heterocycles.